The minimum Gasteiger partial charge on any atom is -0.390 e. The number of allylic oxidation sites excluding steroid dienone is 1. The molecule has 8 heteroatoms. The number of benzene rings is 1. The van der Waals surface area contributed by atoms with Crippen molar-refractivity contribution in [1.29, 1.82) is 0 Å². The Kier molecular flexibility index (Phi) is 6.52. The quantitative estimate of drug-likeness (QED) is 0.458. The number of fused-ring (bicyclic) bond motifs is 5. The van der Waals surface area contributed by atoms with Gasteiger partial charge in [0.25, 0.3) is 0 Å². The van der Waals surface area contributed by atoms with Gasteiger partial charge in [-0.05, 0) is 49.7 Å². The highest BCUT2D eigenvalue weighted by molar-refractivity contribution is 5.92. The highest BCUT2D eigenvalue weighted by atomic mass is 19.1. The lowest BCUT2D eigenvalue weighted by Gasteiger charge is -2.63. The zero-order valence-corrected chi connectivity index (χ0v) is 21.4. The predicted molar refractivity (Wildman–Crippen MR) is 132 cm³/mol. The Morgan fingerprint density at radius 3 is 2.57 bits per heavy atom. The Labute approximate surface area is 216 Å². The fourth-order valence-corrected chi connectivity index (χ4v) is 8.35. The van der Waals surface area contributed by atoms with Crippen molar-refractivity contribution in [1.82, 2.24) is 0 Å². The maximum absolute atomic E-state index is 17.4. The van der Waals surface area contributed by atoms with Gasteiger partial charge >= 0.3 is 0 Å². The molecule has 37 heavy (non-hydrogen) atoms. The molecule has 0 radical (unpaired) electrons. The molecule has 4 N–H and O–H groups in total. The summed E-state index contributed by atoms with van der Waals surface area (Å²) in [6.07, 6.45) is -0.691. The summed E-state index contributed by atoms with van der Waals surface area (Å²) >= 11 is 0. The number of alkyl halides is 1. The van der Waals surface area contributed by atoms with Gasteiger partial charge in [-0.15, -0.1) is 0 Å². The van der Waals surface area contributed by atoms with Crippen LogP contribution in [0.1, 0.15) is 64.0 Å². The summed E-state index contributed by atoms with van der Waals surface area (Å²) in [6, 6.07) is 8.86. The lowest BCUT2D eigenvalue weighted by molar-refractivity contribution is -0.232. The molecule has 1 unspecified atom stereocenters. The minimum atomic E-state index is -2.16. The molecule has 1 aromatic rings. The first kappa shape index (κ1) is 26.6. The Bertz CT molecular complexity index is 1110. The van der Waals surface area contributed by atoms with Crippen LogP contribution in [-0.2, 0) is 14.3 Å². The van der Waals surface area contributed by atoms with Crippen LogP contribution in [0.5, 0.6) is 0 Å². The van der Waals surface area contributed by atoms with Crippen molar-refractivity contribution in [2.45, 2.75) is 82.0 Å². The Hall–Kier alpha value is -1.97. The van der Waals surface area contributed by atoms with Gasteiger partial charge in [0.1, 0.15) is 18.4 Å². The van der Waals surface area contributed by atoms with Crippen LogP contribution >= 0.6 is 0 Å². The van der Waals surface area contributed by atoms with E-state index in [4.69, 9.17) is 4.74 Å². The second-order valence-electron chi connectivity index (χ2n) is 12.0. The summed E-state index contributed by atoms with van der Waals surface area (Å²) in [6.45, 7) is 2.35. The van der Waals surface area contributed by atoms with E-state index in [1.165, 1.54) is 0 Å². The van der Waals surface area contributed by atoms with Gasteiger partial charge in [-0.1, -0.05) is 49.8 Å². The Morgan fingerprint density at radius 2 is 1.89 bits per heavy atom. The van der Waals surface area contributed by atoms with E-state index in [9.17, 15) is 30.0 Å². The van der Waals surface area contributed by atoms with E-state index in [2.05, 4.69) is 0 Å². The summed E-state index contributed by atoms with van der Waals surface area (Å²) < 4.78 is 23.4. The third-order valence-electron chi connectivity index (χ3n) is 10.4. The second kappa shape index (κ2) is 9.06. The first-order valence-electron chi connectivity index (χ1n) is 13.3. The number of ether oxygens (including phenoxy) is 1. The molecular weight excluding hydrogens is 479 g/mol. The van der Waals surface area contributed by atoms with E-state index in [1.54, 1.807) is 44.2 Å². The van der Waals surface area contributed by atoms with Crippen molar-refractivity contribution in [2.75, 3.05) is 13.2 Å². The van der Waals surface area contributed by atoms with E-state index in [0.717, 1.165) is 5.57 Å². The number of hydrogen-bond donors (Lipinski definition) is 4. The lowest BCUT2D eigenvalue weighted by Crippen LogP contribution is -2.70. The zero-order chi connectivity index (χ0) is 26.8. The molecule has 4 aliphatic rings. The molecular formula is C29H37FO7. The fourth-order valence-electron chi connectivity index (χ4n) is 8.35. The van der Waals surface area contributed by atoms with Crippen LogP contribution in [0, 0.1) is 22.7 Å². The van der Waals surface area contributed by atoms with E-state index in [1.807, 2.05) is 6.07 Å². The van der Waals surface area contributed by atoms with Gasteiger partial charge in [-0.2, -0.15) is 0 Å². The number of aliphatic hydroxyl groups excluding tert-OH is 3. The second-order valence-corrected chi connectivity index (χ2v) is 12.0. The number of hydrogen-bond acceptors (Lipinski definition) is 7. The smallest absolute Gasteiger partial charge is 0.192 e. The number of rotatable bonds is 6. The average molecular weight is 517 g/mol. The van der Waals surface area contributed by atoms with Crippen molar-refractivity contribution in [2.24, 2.45) is 22.7 Å². The summed E-state index contributed by atoms with van der Waals surface area (Å²) in [7, 11) is 0. The lowest BCUT2D eigenvalue weighted by atomic mass is 9.44. The van der Waals surface area contributed by atoms with E-state index in [-0.39, 0.29) is 31.7 Å². The molecule has 0 saturated heterocycles. The normalized spacial score (nSPS) is 43.9. The first-order chi connectivity index (χ1) is 17.4. The van der Waals surface area contributed by atoms with Gasteiger partial charge in [0.15, 0.2) is 17.2 Å². The molecule has 0 spiro atoms. The van der Waals surface area contributed by atoms with Gasteiger partial charge in [-0.25, -0.2) is 4.39 Å². The van der Waals surface area contributed by atoms with Crippen molar-refractivity contribution >= 4 is 11.6 Å². The topological polar surface area (TPSA) is 124 Å². The van der Waals surface area contributed by atoms with Gasteiger partial charge in [0, 0.05) is 23.2 Å². The maximum atomic E-state index is 17.4. The molecule has 0 aliphatic heterocycles. The molecule has 0 amide bonds. The van der Waals surface area contributed by atoms with Crippen LogP contribution in [0.3, 0.4) is 0 Å². The third kappa shape index (κ3) is 3.56. The standard InChI is InChI=1S/C29H37FO7/c1-26-11-10-19(32)12-18(26)8-9-20-21-13-25(37-16-22(33)17-6-4-3-5-7-17)29(36,24(35)15-31)27(21,2)14-23(34)28(20,26)30/h3-7,12,20-23,25,31,33-34,36H,8-11,13-16H2,1-2H3/t20-,21-,22?,23-,25+,26-,27-,28-,29+/m0/s1. The summed E-state index contributed by atoms with van der Waals surface area (Å²) in [4.78, 5) is 25.2. The number of carbonyl (C=O) groups excluding carboxylic acids is 2. The molecule has 5 rings (SSSR count). The molecule has 0 aromatic heterocycles. The molecule has 7 nitrogen and oxygen atoms in total. The summed E-state index contributed by atoms with van der Waals surface area (Å²) in [5, 5.41) is 43.9. The first-order valence-corrected chi connectivity index (χ1v) is 13.3. The number of Topliss-reactive ketones (excluding diaryl/α,β-unsaturated/α-hetero) is 1. The Balaban J connectivity index is 1.50. The molecule has 3 fully saturated rings. The van der Waals surface area contributed by atoms with Crippen LogP contribution in [0.15, 0.2) is 42.0 Å². The number of carbonyl (C=O) groups is 2. The van der Waals surface area contributed by atoms with Gasteiger partial charge in [-0.3, -0.25) is 9.59 Å². The van der Waals surface area contributed by atoms with Crippen molar-refractivity contribution in [3.05, 3.63) is 47.5 Å². The van der Waals surface area contributed by atoms with Crippen LogP contribution in [-0.4, -0.2) is 68.7 Å². The molecule has 0 heterocycles. The van der Waals surface area contributed by atoms with Crippen LogP contribution < -0.4 is 0 Å². The largest absolute Gasteiger partial charge is 0.390 e. The SMILES string of the molecule is C[C@]12CCC(=O)C=C1CC[C@H]1[C@@H]3C[C@@H](OCC(O)c4ccccc4)[C@](O)(C(=O)CO)[C@@]3(C)C[C@H](O)[C@@]12F. The maximum Gasteiger partial charge on any atom is 0.192 e. The molecule has 3 saturated carbocycles. The highest BCUT2D eigenvalue weighted by Gasteiger charge is 2.76. The molecule has 202 valence electrons. The number of aliphatic hydroxyl groups is 4. The van der Waals surface area contributed by atoms with Crippen LogP contribution in [0.4, 0.5) is 4.39 Å². The average Bonchev–Trinajstić information content (AvgIpc) is 3.11. The van der Waals surface area contributed by atoms with Crippen molar-refractivity contribution < 1.29 is 39.1 Å². The van der Waals surface area contributed by atoms with E-state index < -0.39 is 64.6 Å². The van der Waals surface area contributed by atoms with E-state index >= 15 is 4.39 Å². The van der Waals surface area contributed by atoms with E-state index in [0.29, 0.717) is 24.8 Å². The van der Waals surface area contributed by atoms with Gasteiger partial charge in [0.05, 0.1) is 18.8 Å². The van der Waals surface area contributed by atoms with Crippen molar-refractivity contribution in [3.63, 3.8) is 0 Å². The number of halogens is 1. The molecule has 9 atom stereocenters. The molecule has 4 aliphatic carbocycles. The minimum absolute atomic E-state index is 0.0288. The summed E-state index contributed by atoms with van der Waals surface area (Å²) in [5.74, 6) is -2.06. The van der Waals surface area contributed by atoms with Gasteiger partial charge in [0.2, 0.25) is 0 Å². The summed E-state index contributed by atoms with van der Waals surface area (Å²) in [5.41, 5.74) is -5.13. The zero-order valence-electron chi connectivity index (χ0n) is 21.4. The van der Waals surface area contributed by atoms with Crippen LogP contribution in [0.2, 0.25) is 0 Å². The molecule has 1 aromatic carbocycles. The monoisotopic (exact) mass is 516 g/mol. The Morgan fingerprint density at radius 1 is 1.19 bits per heavy atom. The molecule has 0 bridgehead atoms. The fraction of sp³-hybridized carbons (Fsp3) is 0.655. The van der Waals surface area contributed by atoms with Crippen LogP contribution in [0.25, 0.3) is 0 Å². The number of ketones is 2. The van der Waals surface area contributed by atoms with Gasteiger partial charge < -0.3 is 25.2 Å². The third-order valence-corrected chi connectivity index (χ3v) is 10.4. The highest BCUT2D eigenvalue weighted by Crippen LogP contribution is 2.70. The predicted octanol–water partition coefficient (Wildman–Crippen LogP) is 2.60. The van der Waals surface area contributed by atoms with Crippen molar-refractivity contribution in [3.8, 4) is 0 Å².